The number of amides is 1. The van der Waals surface area contributed by atoms with Gasteiger partial charge in [-0.25, -0.2) is 0 Å². The number of carbonyl (C=O) groups excluding carboxylic acids is 1. The molecular formula is C13H16N4O2. The number of anilines is 2. The number of nitrogens with two attached hydrogens (primary N) is 1. The summed E-state index contributed by atoms with van der Waals surface area (Å²) in [5.41, 5.74) is 6.92. The molecule has 1 amide bonds. The van der Waals surface area contributed by atoms with Crippen LogP contribution in [0.15, 0.2) is 24.3 Å². The summed E-state index contributed by atoms with van der Waals surface area (Å²) in [6.07, 6.45) is -0.450. The topological polar surface area (TPSA) is 91.4 Å². The molecule has 1 aromatic rings. The van der Waals surface area contributed by atoms with Crippen LogP contribution in [-0.4, -0.2) is 43.2 Å². The van der Waals surface area contributed by atoms with Gasteiger partial charge in [-0.05, 0) is 18.2 Å². The summed E-state index contributed by atoms with van der Waals surface area (Å²) >= 11 is 0. The number of hydrogen-bond donors (Lipinski definition) is 2. The third-order valence-corrected chi connectivity index (χ3v) is 2.83. The number of nitrogens with one attached hydrogen (secondary N) is 1. The van der Waals surface area contributed by atoms with Crippen molar-refractivity contribution < 1.29 is 9.53 Å². The Bertz CT molecular complexity index is 498. The van der Waals surface area contributed by atoms with Gasteiger partial charge >= 0.3 is 0 Å². The maximum Gasteiger partial charge on any atom is 0.238 e. The smallest absolute Gasteiger partial charge is 0.238 e. The van der Waals surface area contributed by atoms with Crippen molar-refractivity contribution in [3.8, 4) is 6.07 Å². The minimum absolute atomic E-state index is 0.121. The molecule has 3 N–H and O–H groups in total. The van der Waals surface area contributed by atoms with Crippen molar-refractivity contribution in [2.24, 2.45) is 0 Å². The molecule has 19 heavy (non-hydrogen) atoms. The van der Waals surface area contributed by atoms with E-state index in [0.717, 1.165) is 0 Å². The standard InChI is InChI=1S/C13H16N4O2/c14-7-12-8-17(4-5-19-12)9-13(18)16-11-3-1-2-10(15)6-11/h1-3,6,12H,4-5,8-9,15H2,(H,16,18). The van der Waals surface area contributed by atoms with Gasteiger partial charge in [-0.1, -0.05) is 6.07 Å². The lowest BCUT2D eigenvalue weighted by molar-refractivity contribution is -0.118. The number of hydrogen-bond acceptors (Lipinski definition) is 5. The van der Waals surface area contributed by atoms with Gasteiger partial charge in [0.25, 0.3) is 0 Å². The van der Waals surface area contributed by atoms with E-state index in [1.165, 1.54) is 0 Å². The van der Waals surface area contributed by atoms with Gasteiger partial charge in [0.15, 0.2) is 6.10 Å². The summed E-state index contributed by atoms with van der Waals surface area (Å²) in [5.74, 6) is -0.121. The largest absolute Gasteiger partial charge is 0.399 e. The summed E-state index contributed by atoms with van der Waals surface area (Å²) in [4.78, 5) is 13.8. The molecule has 1 atom stereocenters. The average Bonchev–Trinajstić information content (AvgIpc) is 2.38. The number of benzene rings is 1. The van der Waals surface area contributed by atoms with Gasteiger partial charge < -0.3 is 15.8 Å². The van der Waals surface area contributed by atoms with Gasteiger partial charge in [0.05, 0.1) is 19.2 Å². The molecule has 1 aliphatic rings. The second-order valence-corrected chi connectivity index (χ2v) is 4.40. The maximum atomic E-state index is 11.9. The van der Waals surface area contributed by atoms with Crippen LogP contribution in [0.4, 0.5) is 11.4 Å². The number of ether oxygens (including phenoxy) is 1. The molecule has 0 bridgehead atoms. The Morgan fingerprint density at radius 2 is 2.47 bits per heavy atom. The SMILES string of the molecule is N#CC1CN(CC(=O)Nc2cccc(N)c2)CCO1. The highest BCUT2D eigenvalue weighted by Crippen LogP contribution is 2.12. The predicted molar refractivity (Wildman–Crippen MR) is 71.3 cm³/mol. The number of morpholine rings is 1. The monoisotopic (exact) mass is 260 g/mol. The molecule has 0 aliphatic carbocycles. The van der Waals surface area contributed by atoms with E-state index in [1.54, 1.807) is 24.3 Å². The highest BCUT2D eigenvalue weighted by atomic mass is 16.5. The summed E-state index contributed by atoms with van der Waals surface area (Å²) in [6, 6.07) is 9.08. The van der Waals surface area contributed by atoms with E-state index in [9.17, 15) is 4.79 Å². The summed E-state index contributed by atoms with van der Waals surface area (Å²) in [5, 5.41) is 11.6. The van der Waals surface area contributed by atoms with Crippen LogP contribution in [-0.2, 0) is 9.53 Å². The number of carbonyl (C=O) groups is 1. The first-order chi connectivity index (χ1) is 9.17. The molecule has 0 spiro atoms. The molecule has 1 saturated heterocycles. The number of nitrogen functional groups attached to an aromatic ring is 1. The van der Waals surface area contributed by atoms with Crippen LogP contribution >= 0.6 is 0 Å². The fraction of sp³-hybridized carbons (Fsp3) is 0.385. The van der Waals surface area contributed by atoms with Crippen molar-refractivity contribution in [3.63, 3.8) is 0 Å². The van der Waals surface area contributed by atoms with Gasteiger partial charge in [0.2, 0.25) is 5.91 Å². The number of nitriles is 1. The average molecular weight is 260 g/mol. The molecule has 0 saturated carbocycles. The number of rotatable bonds is 3. The molecule has 6 heteroatoms. The molecule has 2 rings (SSSR count). The zero-order valence-electron chi connectivity index (χ0n) is 10.5. The molecule has 0 radical (unpaired) electrons. The van der Waals surface area contributed by atoms with Crippen LogP contribution in [0, 0.1) is 11.3 Å². The van der Waals surface area contributed by atoms with Gasteiger partial charge in [0, 0.05) is 24.5 Å². The lowest BCUT2D eigenvalue weighted by atomic mass is 10.2. The zero-order valence-corrected chi connectivity index (χ0v) is 10.5. The first kappa shape index (κ1) is 13.3. The summed E-state index contributed by atoms with van der Waals surface area (Å²) in [7, 11) is 0. The Balaban J connectivity index is 1.86. The normalized spacial score (nSPS) is 19.6. The van der Waals surface area contributed by atoms with Gasteiger partial charge in [-0.2, -0.15) is 5.26 Å². The molecular weight excluding hydrogens is 244 g/mol. The van der Waals surface area contributed by atoms with E-state index in [1.807, 2.05) is 4.90 Å². The van der Waals surface area contributed by atoms with Gasteiger partial charge in [0.1, 0.15) is 0 Å². The van der Waals surface area contributed by atoms with E-state index in [4.69, 9.17) is 15.7 Å². The second-order valence-electron chi connectivity index (χ2n) is 4.40. The van der Waals surface area contributed by atoms with Crippen molar-refractivity contribution in [2.45, 2.75) is 6.10 Å². The molecule has 1 heterocycles. The highest BCUT2D eigenvalue weighted by molar-refractivity contribution is 5.92. The van der Waals surface area contributed by atoms with Gasteiger partial charge in [-0.15, -0.1) is 0 Å². The van der Waals surface area contributed by atoms with Crippen LogP contribution in [0.1, 0.15) is 0 Å². The Morgan fingerprint density at radius 3 is 3.21 bits per heavy atom. The third-order valence-electron chi connectivity index (χ3n) is 2.83. The Hall–Kier alpha value is -2.10. The molecule has 6 nitrogen and oxygen atoms in total. The molecule has 1 aliphatic heterocycles. The lowest BCUT2D eigenvalue weighted by Crippen LogP contribution is -2.45. The van der Waals surface area contributed by atoms with E-state index < -0.39 is 6.10 Å². The fourth-order valence-electron chi connectivity index (χ4n) is 1.94. The fourth-order valence-corrected chi connectivity index (χ4v) is 1.94. The Kier molecular flexibility index (Phi) is 4.34. The Labute approximate surface area is 111 Å². The van der Waals surface area contributed by atoms with Gasteiger partial charge in [-0.3, -0.25) is 9.69 Å². The summed E-state index contributed by atoms with van der Waals surface area (Å²) in [6.45, 7) is 1.84. The molecule has 100 valence electrons. The van der Waals surface area contributed by atoms with E-state index >= 15 is 0 Å². The van der Waals surface area contributed by atoms with Crippen LogP contribution in [0.5, 0.6) is 0 Å². The van der Waals surface area contributed by atoms with Crippen molar-refractivity contribution in [2.75, 3.05) is 37.3 Å². The second kappa shape index (κ2) is 6.18. The first-order valence-electron chi connectivity index (χ1n) is 6.06. The van der Waals surface area contributed by atoms with Crippen molar-refractivity contribution >= 4 is 17.3 Å². The van der Waals surface area contributed by atoms with Crippen molar-refractivity contribution in [1.82, 2.24) is 4.90 Å². The maximum absolute atomic E-state index is 11.9. The van der Waals surface area contributed by atoms with Crippen LogP contribution in [0.3, 0.4) is 0 Å². The van der Waals surface area contributed by atoms with E-state index in [0.29, 0.717) is 31.1 Å². The van der Waals surface area contributed by atoms with Crippen molar-refractivity contribution in [1.29, 1.82) is 5.26 Å². The van der Waals surface area contributed by atoms with Crippen LogP contribution in [0.2, 0.25) is 0 Å². The molecule has 0 aromatic heterocycles. The highest BCUT2D eigenvalue weighted by Gasteiger charge is 2.21. The minimum atomic E-state index is -0.450. The number of nitrogens with zero attached hydrogens (tertiary/aromatic N) is 2. The first-order valence-corrected chi connectivity index (χ1v) is 6.06. The minimum Gasteiger partial charge on any atom is -0.399 e. The van der Waals surface area contributed by atoms with Crippen molar-refractivity contribution in [3.05, 3.63) is 24.3 Å². The lowest BCUT2D eigenvalue weighted by Gasteiger charge is -2.28. The van der Waals surface area contributed by atoms with E-state index in [2.05, 4.69) is 11.4 Å². The van der Waals surface area contributed by atoms with Crippen LogP contribution < -0.4 is 11.1 Å². The Morgan fingerprint density at radius 1 is 1.63 bits per heavy atom. The quantitative estimate of drug-likeness (QED) is 0.769. The predicted octanol–water partition coefficient (Wildman–Crippen LogP) is 0.432. The van der Waals surface area contributed by atoms with Crippen LogP contribution in [0.25, 0.3) is 0 Å². The molecule has 1 aromatic carbocycles. The molecule has 1 fully saturated rings. The van der Waals surface area contributed by atoms with E-state index in [-0.39, 0.29) is 12.5 Å². The third kappa shape index (κ3) is 3.95. The summed E-state index contributed by atoms with van der Waals surface area (Å²) < 4.78 is 5.22. The molecule has 1 unspecified atom stereocenters. The zero-order chi connectivity index (χ0) is 13.7.